The third-order valence-corrected chi connectivity index (χ3v) is 5.59. The number of aliphatic hydroxyl groups excluding tert-OH is 2. The van der Waals surface area contributed by atoms with Crippen molar-refractivity contribution in [3.63, 3.8) is 0 Å². The van der Waals surface area contributed by atoms with Crippen molar-refractivity contribution in [1.29, 1.82) is 0 Å². The Balaban J connectivity index is 1.66. The summed E-state index contributed by atoms with van der Waals surface area (Å²) in [5, 5.41) is 21.9. The highest BCUT2D eigenvalue weighted by atomic mass is 16.3. The minimum atomic E-state index is -0.528. The molecule has 0 aromatic heterocycles. The van der Waals surface area contributed by atoms with Crippen LogP contribution in [0.1, 0.15) is 29.8 Å². The Morgan fingerprint density at radius 1 is 0.652 bits per heavy atom. The molecule has 2 aromatic carbocycles. The van der Waals surface area contributed by atoms with Crippen LogP contribution in [0, 0.1) is 23.7 Å². The van der Waals surface area contributed by atoms with Crippen LogP contribution < -0.4 is 0 Å². The van der Waals surface area contributed by atoms with Gasteiger partial charge in [0.05, 0.1) is 12.2 Å². The SMILES string of the molecule is O[C@H](c1ccccc1)[C@H]1[C@@H]([C@H](O)c2ccccc2)[C@H]2C=C[C@H]1C2. The molecule has 2 heteroatoms. The smallest absolute Gasteiger partial charge is 0.0827 e. The molecule has 2 aromatic rings. The van der Waals surface area contributed by atoms with Gasteiger partial charge in [0.2, 0.25) is 0 Å². The zero-order valence-corrected chi connectivity index (χ0v) is 13.0. The quantitative estimate of drug-likeness (QED) is 0.841. The van der Waals surface area contributed by atoms with E-state index in [4.69, 9.17) is 0 Å². The van der Waals surface area contributed by atoms with E-state index in [1.54, 1.807) is 0 Å². The molecule has 4 rings (SSSR count). The highest BCUT2D eigenvalue weighted by Crippen LogP contribution is 2.56. The van der Waals surface area contributed by atoms with Crippen molar-refractivity contribution >= 4 is 0 Å². The monoisotopic (exact) mass is 306 g/mol. The predicted octanol–water partition coefficient (Wildman–Crippen LogP) is 3.89. The Hall–Kier alpha value is -1.90. The number of aliphatic hydroxyl groups is 2. The molecule has 2 N–H and O–H groups in total. The Bertz CT molecular complexity index is 620. The summed E-state index contributed by atoms with van der Waals surface area (Å²) in [6, 6.07) is 19.7. The zero-order valence-electron chi connectivity index (χ0n) is 13.0. The molecule has 2 nitrogen and oxygen atoms in total. The molecule has 0 unspecified atom stereocenters. The van der Waals surface area contributed by atoms with E-state index in [9.17, 15) is 10.2 Å². The molecule has 0 saturated heterocycles. The number of allylic oxidation sites excluding steroid dienone is 2. The Morgan fingerprint density at radius 2 is 1.04 bits per heavy atom. The topological polar surface area (TPSA) is 40.5 Å². The maximum Gasteiger partial charge on any atom is 0.0827 e. The van der Waals surface area contributed by atoms with Crippen LogP contribution in [0.15, 0.2) is 72.8 Å². The lowest BCUT2D eigenvalue weighted by molar-refractivity contribution is -0.000923. The highest BCUT2D eigenvalue weighted by molar-refractivity contribution is 5.26. The number of hydrogen-bond acceptors (Lipinski definition) is 2. The van der Waals surface area contributed by atoms with Gasteiger partial charge in [-0.15, -0.1) is 0 Å². The Kier molecular flexibility index (Phi) is 3.80. The summed E-state index contributed by atoms with van der Waals surface area (Å²) < 4.78 is 0. The van der Waals surface area contributed by atoms with Crippen LogP contribution in [0.25, 0.3) is 0 Å². The lowest BCUT2D eigenvalue weighted by Crippen LogP contribution is -2.30. The number of fused-ring (bicyclic) bond motifs is 2. The molecule has 1 saturated carbocycles. The normalized spacial score (nSPS) is 31.2. The van der Waals surface area contributed by atoms with Gasteiger partial charge in [-0.2, -0.15) is 0 Å². The van der Waals surface area contributed by atoms with Gasteiger partial charge in [0.1, 0.15) is 0 Å². The molecular weight excluding hydrogens is 284 g/mol. The summed E-state index contributed by atoms with van der Waals surface area (Å²) in [4.78, 5) is 0. The van der Waals surface area contributed by atoms with E-state index < -0.39 is 12.2 Å². The number of rotatable bonds is 4. The molecule has 0 radical (unpaired) electrons. The third-order valence-electron chi connectivity index (χ3n) is 5.59. The van der Waals surface area contributed by atoms with E-state index >= 15 is 0 Å². The van der Waals surface area contributed by atoms with Crippen molar-refractivity contribution in [2.24, 2.45) is 23.7 Å². The standard InChI is InChI=1S/C21H22O2/c22-20(14-7-3-1-4-8-14)18-16-11-12-17(13-16)19(18)21(23)15-9-5-2-6-10-15/h1-12,16-23H,13H2/t16-,17-,18-,19+,20+,21+/m0/s1. The van der Waals surface area contributed by atoms with Crippen molar-refractivity contribution in [3.05, 3.63) is 83.9 Å². The first-order valence-electron chi connectivity index (χ1n) is 8.40. The van der Waals surface area contributed by atoms with Crippen molar-refractivity contribution in [2.45, 2.75) is 18.6 Å². The summed E-state index contributed by atoms with van der Waals surface area (Å²) in [7, 11) is 0. The van der Waals surface area contributed by atoms with Crippen LogP contribution in [0.5, 0.6) is 0 Å². The molecule has 23 heavy (non-hydrogen) atoms. The molecule has 2 aliphatic rings. The lowest BCUT2D eigenvalue weighted by Gasteiger charge is -2.35. The van der Waals surface area contributed by atoms with Crippen molar-refractivity contribution in [1.82, 2.24) is 0 Å². The van der Waals surface area contributed by atoms with Crippen LogP contribution >= 0.6 is 0 Å². The van der Waals surface area contributed by atoms with Gasteiger partial charge < -0.3 is 10.2 Å². The van der Waals surface area contributed by atoms with Gasteiger partial charge in [0, 0.05) is 11.8 Å². The zero-order chi connectivity index (χ0) is 15.8. The molecule has 1 fully saturated rings. The molecule has 0 aliphatic heterocycles. The summed E-state index contributed by atoms with van der Waals surface area (Å²) in [6.45, 7) is 0. The van der Waals surface area contributed by atoms with Gasteiger partial charge in [0.25, 0.3) is 0 Å². The maximum atomic E-state index is 11.0. The average Bonchev–Trinajstić information content (AvgIpc) is 3.23. The second kappa shape index (κ2) is 5.95. The fraction of sp³-hybridized carbons (Fsp3) is 0.333. The fourth-order valence-electron chi connectivity index (χ4n) is 4.53. The average molecular weight is 306 g/mol. The Morgan fingerprint density at radius 3 is 1.43 bits per heavy atom. The third kappa shape index (κ3) is 2.52. The maximum absolute atomic E-state index is 11.0. The van der Waals surface area contributed by atoms with E-state index in [1.165, 1.54) is 0 Å². The first-order chi connectivity index (χ1) is 11.3. The first-order valence-corrected chi connectivity index (χ1v) is 8.40. The van der Waals surface area contributed by atoms with Gasteiger partial charge >= 0.3 is 0 Å². The number of hydrogen-bond donors (Lipinski definition) is 2. The van der Waals surface area contributed by atoms with Crippen LogP contribution in [-0.2, 0) is 0 Å². The van der Waals surface area contributed by atoms with Crippen molar-refractivity contribution < 1.29 is 10.2 Å². The van der Waals surface area contributed by atoms with E-state index in [0.717, 1.165) is 17.5 Å². The molecule has 2 bridgehead atoms. The molecule has 0 heterocycles. The van der Waals surface area contributed by atoms with E-state index in [1.807, 2.05) is 60.7 Å². The number of benzene rings is 2. The first kappa shape index (κ1) is 14.7. The fourth-order valence-corrected chi connectivity index (χ4v) is 4.53. The van der Waals surface area contributed by atoms with Crippen LogP contribution in [0.4, 0.5) is 0 Å². The largest absolute Gasteiger partial charge is 0.388 e. The van der Waals surface area contributed by atoms with E-state index in [-0.39, 0.29) is 11.8 Å². The van der Waals surface area contributed by atoms with Crippen molar-refractivity contribution in [3.8, 4) is 0 Å². The summed E-state index contributed by atoms with van der Waals surface area (Å²) in [5.41, 5.74) is 1.90. The molecular formula is C21H22O2. The van der Waals surface area contributed by atoms with Gasteiger partial charge in [-0.25, -0.2) is 0 Å². The van der Waals surface area contributed by atoms with Crippen LogP contribution in [0.3, 0.4) is 0 Å². The van der Waals surface area contributed by atoms with E-state index in [2.05, 4.69) is 12.2 Å². The van der Waals surface area contributed by atoms with Crippen LogP contribution in [-0.4, -0.2) is 10.2 Å². The lowest BCUT2D eigenvalue weighted by atomic mass is 9.73. The summed E-state index contributed by atoms with van der Waals surface area (Å²) >= 11 is 0. The molecule has 2 aliphatic carbocycles. The second-order valence-electron chi connectivity index (χ2n) is 6.81. The molecule has 0 amide bonds. The Labute approximate surface area is 137 Å². The van der Waals surface area contributed by atoms with Crippen LogP contribution in [0.2, 0.25) is 0 Å². The van der Waals surface area contributed by atoms with Gasteiger partial charge in [0.15, 0.2) is 0 Å². The summed E-state index contributed by atoms with van der Waals surface area (Å²) in [5.74, 6) is 0.863. The van der Waals surface area contributed by atoms with Gasteiger partial charge in [-0.1, -0.05) is 72.8 Å². The molecule has 0 spiro atoms. The predicted molar refractivity (Wildman–Crippen MR) is 90.5 cm³/mol. The van der Waals surface area contributed by atoms with Crippen molar-refractivity contribution in [2.75, 3.05) is 0 Å². The van der Waals surface area contributed by atoms with Gasteiger partial charge in [-0.3, -0.25) is 0 Å². The van der Waals surface area contributed by atoms with E-state index in [0.29, 0.717) is 11.8 Å². The summed E-state index contributed by atoms with van der Waals surface area (Å²) in [6.07, 6.45) is 4.45. The minimum absolute atomic E-state index is 0.0719. The van der Waals surface area contributed by atoms with Gasteiger partial charge in [-0.05, 0) is 29.4 Å². The minimum Gasteiger partial charge on any atom is -0.388 e. The highest BCUT2D eigenvalue weighted by Gasteiger charge is 2.50. The second-order valence-corrected chi connectivity index (χ2v) is 6.81. The molecule has 118 valence electrons. The molecule has 6 atom stereocenters.